The van der Waals surface area contributed by atoms with Gasteiger partial charge in [0.25, 0.3) is 11.7 Å². The molecule has 0 aromatic carbocycles. The van der Waals surface area contributed by atoms with Crippen LogP contribution in [0.15, 0.2) is 6.20 Å². The highest BCUT2D eigenvalue weighted by atomic mass is 127. The molecular weight excluding hydrogens is 326 g/mol. The van der Waals surface area contributed by atoms with Gasteiger partial charge in [0.15, 0.2) is 0 Å². The summed E-state index contributed by atoms with van der Waals surface area (Å²) >= 11 is 7.04. The second-order valence-corrected chi connectivity index (χ2v) is 3.99. The van der Waals surface area contributed by atoms with E-state index in [1.165, 1.54) is 6.92 Å². The van der Waals surface area contributed by atoms with Crippen LogP contribution in [-0.4, -0.2) is 10.2 Å². The molecule has 76 valence electrons. The number of hydrogen-bond acceptors (Lipinski definition) is 2. The Morgan fingerprint density at radius 1 is 1.64 bits per heavy atom. The van der Waals surface area contributed by atoms with Crippen LogP contribution in [0.1, 0.15) is 28.0 Å². The molecule has 1 aromatic heterocycles. The third-order valence-corrected chi connectivity index (χ3v) is 3.29. The molecule has 0 fully saturated rings. The quantitative estimate of drug-likeness (QED) is 0.615. The van der Waals surface area contributed by atoms with Crippen molar-refractivity contribution in [2.75, 3.05) is 0 Å². The maximum absolute atomic E-state index is 12.4. The zero-order valence-corrected chi connectivity index (χ0v) is 9.94. The van der Waals surface area contributed by atoms with Crippen LogP contribution >= 0.6 is 34.2 Å². The predicted molar refractivity (Wildman–Crippen MR) is 56.8 cm³/mol. The Kier molecular flexibility index (Phi) is 3.77. The summed E-state index contributed by atoms with van der Waals surface area (Å²) in [4.78, 5) is 14.3. The molecule has 0 atom stereocenters. The highest BCUT2D eigenvalue weighted by Gasteiger charge is 2.18. The number of nitrogens with zero attached hydrogens (tertiary/aromatic N) is 1. The first-order chi connectivity index (χ1) is 6.45. The Hall–Kier alpha value is -0.300. The number of carbonyl (C=O) groups is 1. The number of halogens is 4. The maximum Gasteiger partial charge on any atom is 0.280 e. The zero-order valence-electron chi connectivity index (χ0n) is 7.02. The lowest BCUT2D eigenvalue weighted by atomic mass is 10.1. The van der Waals surface area contributed by atoms with Crippen LogP contribution < -0.4 is 0 Å². The SMILES string of the molecule is Cc1c(C(F)F)ncc(C(=O)Cl)c1I. The minimum atomic E-state index is -2.64. The van der Waals surface area contributed by atoms with Gasteiger partial charge in [0.1, 0.15) is 5.69 Å². The van der Waals surface area contributed by atoms with Crippen molar-refractivity contribution in [3.05, 3.63) is 26.6 Å². The molecule has 0 spiro atoms. The molecule has 0 N–H and O–H groups in total. The molecule has 0 amide bonds. The number of aromatic nitrogens is 1. The standard InChI is InChI=1S/C8H5ClF2INO/c1-3-5(12)4(7(9)14)2-13-6(3)8(10)11/h2,8H,1H3. The minimum Gasteiger partial charge on any atom is -0.276 e. The van der Waals surface area contributed by atoms with E-state index in [-0.39, 0.29) is 11.3 Å². The Morgan fingerprint density at radius 3 is 2.64 bits per heavy atom. The van der Waals surface area contributed by atoms with Crippen LogP contribution in [-0.2, 0) is 0 Å². The first-order valence-corrected chi connectivity index (χ1v) is 5.03. The second kappa shape index (κ2) is 4.48. The number of alkyl halides is 2. The number of pyridine rings is 1. The third-order valence-electron chi connectivity index (χ3n) is 1.70. The minimum absolute atomic E-state index is 0.161. The average Bonchev–Trinajstić information content (AvgIpc) is 2.08. The second-order valence-electron chi connectivity index (χ2n) is 2.57. The van der Waals surface area contributed by atoms with Crippen LogP contribution in [0.25, 0.3) is 0 Å². The van der Waals surface area contributed by atoms with Crippen molar-refractivity contribution in [1.29, 1.82) is 0 Å². The van der Waals surface area contributed by atoms with Gasteiger partial charge in [0.2, 0.25) is 0 Å². The first-order valence-electron chi connectivity index (χ1n) is 3.58. The van der Waals surface area contributed by atoms with Gasteiger partial charge in [-0.15, -0.1) is 0 Å². The van der Waals surface area contributed by atoms with Gasteiger partial charge in [-0.25, -0.2) is 8.78 Å². The Morgan fingerprint density at radius 2 is 2.21 bits per heavy atom. The molecule has 0 saturated carbocycles. The monoisotopic (exact) mass is 331 g/mol. The van der Waals surface area contributed by atoms with E-state index in [9.17, 15) is 13.6 Å². The predicted octanol–water partition coefficient (Wildman–Crippen LogP) is 3.31. The molecule has 1 rings (SSSR count). The molecule has 14 heavy (non-hydrogen) atoms. The summed E-state index contributed by atoms with van der Waals surface area (Å²) in [5.74, 6) is 0. The number of hydrogen-bond donors (Lipinski definition) is 0. The molecule has 0 radical (unpaired) electrons. The van der Waals surface area contributed by atoms with E-state index in [0.717, 1.165) is 6.20 Å². The number of rotatable bonds is 2. The molecule has 0 bridgehead atoms. The molecule has 0 aliphatic carbocycles. The summed E-state index contributed by atoms with van der Waals surface area (Å²) in [6.07, 6.45) is -1.56. The lowest BCUT2D eigenvalue weighted by Crippen LogP contribution is -2.03. The van der Waals surface area contributed by atoms with Crippen LogP contribution in [0.5, 0.6) is 0 Å². The molecular formula is C8H5ClF2INO. The van der Waals surface area contributed by atoms with Gasteiger partial charge >= 0.3 is 0 Å². The largest absolute Gasteiger partial charge is 0.280 e. The summed E-state index contributed by atoms with van der Waals surface area (Å²) in [7, 11) is 0. The first kappa shape index (κ1) is 11.8. The van der Waals surface area contributed by atoms with Crippen LogP contribution in [0, 0.1) is 10.5 Å². The van der Waals surface area contributed by atoms with E-state index in [1.54, 1.807) is 22.6 Å². The van der Waals surface area contributed by atoms with E-state index >= 15 is 0 Å². The fraction of sp³-hybridized carbons (Fsp3) is 0.250. The van der Waals surface area contributed by atoms with Gasteiger partial charge < -0.3 is 0 Å². The van der Waals surface area contributed by atoms with Crippen molar-refractivity contribution < 1.29 is 13.6 Å². The third kappa shape index (κ3) is 2.20. The highest BCUT2D eigenvalue weighted by molar-refractivity contribution is 14.1. The fourth-order valence-corrected chi connectivity index (χ4v) is 1.92. The average molecular weight is 331 g/mol. The van der Waals surface area contributed by atoms with Crippen molar-refractivity contribution in [3.63, 3.8) is 0 Å². The van der Waals surface area contributed by atoms with Crippen molar-refractivity contribution in [1.82, 2.24) is 4.98 Å². The van der Waals surface area contributed by atoms with Gasteiger partial charge in [-0.2, -0.15) is 0 Å². The lowest BCUT2D eigenvalue weighted by molar-refractivity contribution is 0.107. The van der Waals surface area contributed by atoms with Gasteiger partial charge in [-0.3, -0.25) is 9.78 Å². The van der Waals surface area contributed by atoms with E-state index in [0.29, 0.717) is 9.13 Å². The van der Waals surface area contributed by atoms with E-state index < -0.39 is 11.7 Å². The molecule has 1 aromatic rings. The summed E-state index contributed by atoms with van der Waals surface area (Å²) in [6, 6.07) is 0. The molecule has 0 aliphatic rings. The van der Waals surface area contributed by atoms with Crippen molar-refractivity contribution in [2.24, 2.45) is 0 Å². The number of carbonyl (C=O) groups excluding carboxylic acids is 1. The van der Waals surface area contributed by atoms with Crippen LogP contribution in [0.2, 0.25) is 0 Å². The molecule has 0 unspecified atom stereocenters. The van der Waals surface area contributed by atoms with Gasteiger partial charge in [0, 0.05) is 9.77 Å². The van der Waals surface area contributed by atoms with Crippen LogP contribution in [0.3, 0.4) is 0 Å². The maximum atomic E-state index is 12.4. The summed E-state index contributed by atoms with van der Waals surface area (Å²) in [5, 5.41) is -0.689. The molecule has 2 nitrogen and oxygen atoms in total. The fourth-order valence-electron chi connectivity index (χ4n) is 0.959. The Bertz CT molecular complexity index is 384. The smallest absolute Gasteiger partial charge is 0.276 e. The Labute approximate surface area is 97.8 Å². The van der Waals surface area contributed by atoms with Gasteiger partial charge in [-0.1, -0.05) is 0 Å². The van der Waals surface area contributed by atoms with Crippen LogP contribution in [0.4, 0.5) is 8.78 Å². The van der Waals surface area contributed by atoms with E-state index in [4.69, 9.17) is 11.6 Å². The van der Waals surface area contributed by atoms with E-state index in [2.05, 4.69) is 4.98 Å². The van der Waals surface area contributed by atoms with E-state index in [1.807, 2.05) is 0 Å². The van der Waals surface area contributed by atoms with Gasteiger partial charge in [0.05, 0.1) is 5.56 Å². The van der Waals surface area contributed by atoms with Crippen molar-refractivity contribution in [3.8, 4) is 0 Å². The zero-order chi connectivity index (χ0) is 10.9. The molecule has 1 heterocycles. The molecule has 0 aliphatic heterocycles. The molecule has 0 saturated heterocycles. The van der Waals surface area contributed by atoms with Crippen molar-refractivity contribution >= 4 is 39.4 Å². The summed E-state index contributed by atoms with van der Waals surface area (Å²) < 4.78 is 25.1. The van der Waals surface area contributed by atoms with Crippen molar-refractivity contribution in [2.45, 2.75) is 13.3 Å². The Balaban J connectivity index is 3.33. The molecule has 6 heteroatoms. The summed E-state index contributed by atoms with van der Waals surface area (Å²) in [6.45, 7) is 1.49. The summed E-state index contributed by atoms with van der Waals surface area (Å²) in [5.41, 5.74) is 0.150. The lowest BCUT2D eigenvalue weighted by Gasteiger charge is -2.07. The topological polar surface area (TPSA) is 30.0 Å². The normalized spacial score (nSPS) is 10.7. The highest BCUT2D eigenvalue weighted by Crippen LogP contribution is 2.26. The van der Waals surface area contributed by atoms with Gasteiger partial charge in [-0.05, 0) is 46.7 Å².